The number of hydrogen-bond acceptors (Lipinski definition) is 4. The molecule has 0 amide bonds. The first-order chi connectivity index (χ1) is 10.7. The van der Waals surface area contributed by atoms with Crippen LogP contribution in [0.5, 0.6) is 0 Å². The van der Waals surface area contributed by atoms with E-state index in [1.165, 1.54) is 0 Å². The van der Waals surface area contributed by atoms with Crippen LogP contribution in [0.2, 0.25) is 0 Å². The van der Waals surface area contributed by atoms with Gasteiger partial charge in [0, 0.05) is 5.56 Å². The van der Waals surface area contributed by atoms with Gasteiger partial charge in [0.25, 0.3) is 0 Å². The van der Waals surface area contributed by atoms with Gasteiger partial charge in [-0.25, -0.2) is 0 Å². The average Bonchev–Trinajstić information content (AvgIpc) is 2.96. The van der Waals surface area contributed by atoms with E-state index in [9.17, 15) is 9.90 Å². The van der Waals surface area contributed by atoms with Gasteiger partial charge in [0.15, 0.2) is 5.16 Å². The third kappa shape index (κ3) is 2.40. The number of hydrogen-bond donors (Lipinski definition) is 0. The summed E-state index contributed by atoms with van der Waals surface area (Å²) in [7, 11) is 0. The summed E-state index contributed by atoms with van der Waals surface area (Å²) in [6, 6.07) is 17.2. The van der Waals surface area contributed by atoms with Crippen LogP contribution in [0.3, 0.4) is 0 Å². The Bertz CT molecular complexity index is 916. The Kier molecular flexibility index (Phi) is 3.53. The van der Waals surface area contributed by atoms with Crippen LogP contribution in [-0.4, -0.2) is 10.9 Å². The molecular formula is C17H12N2O3. The molecule has 0 unspecified atom stereocenters. The Labute approximate surface area is 126 Å². The van der Waals surface area contributed by atoms with Crippen LogP contribution in [0.25, 0.3) is 5.76 Å². The smallest absolute Gasteiger partial charge is 0.320 e. The van der Waals surface area contributed by atoms with E-state index in [0.29, 0.717) is 11.1 Å². The van der Waals surface area contributed by atoms with E-state index in [2.05, 4.69) is 11.9 Å². The molecule has 0 atom stereocenters. The van der Waals surface area contributed by atoms with Gasteiger partial charge in [-0.1, -0.05) is 65.3 Å². The lowest BCUT2D eigenvalue weighted by molar-refractivity contribution is -0.728. The first-order valence-corrected chi connectivity index (χ1v) is 6.61. The SMILES string of the molecule is C=[n+]1onc(C(=O)c2ccccc2)c1=C([O-])c1ccccc1. The molecule has 0 saturated carbocycles. The van der Waals surface area contributed by atoms with Crippen molar-refractivity contribution in [1.29, 1.82) is 0 Å². The van der Waals surface area contributed by atoms with Crippen molar-refractivity contribution in [2.45, 2.75) is 0 Å². The average molecular weight is 292 g/mol. The molecule has 0 radical (unpaired) electrons. The molecule has 0 aliphatic rings. The van der Waals surface area contributed by atoms with Gasteiger partial charge in [-0.3, -0.25) is 4.79 Å². The molecule has 3 rings (SSSR count). The van der Waals surface area contributed by atoms with E-state index >= 15 is 0 Å². The van der Waals surface area contributed by atoms with Crippen molar-refractivity contribution in [3.05, 3.63) is 89.6 Å². The number of aromatic nitrogens is 2. The molecule has 0 bridgehead atoms. The maximum Gasteiger partial charge on any atom is 0.320 e. The van der Waals surface area contributed by atoms with Crippen molar-refractivity contribution in [3.63, 3.8) is 0 Å². The van der Waals surface area contributed by atoms with Gasteiger partial charge in [0.1, 0.15) is 6.72 Å². The Morgan fingerprint density at radius 3 is 2.14 bits per heavy atom. The highest BCUT2D eigenvalue weighted by Gasteiger charge is 2.24. The zero-order chi connectivity index (χ0) is 15.5. The topological polar surface area (TPSA) is 72.1 Å². The summed E-state index contributed by atoms with van der Waals surface area (Å²) >= 11 is 0. The predicted octanol–water partition coefficient (Wildman–Crippen LogP) is 0.350. The lowest BCUT2D eigenvalue weighted by Crippen LogP contribution is -2.39. The fourth-order valence-electron chi connectivity index (χ4n) is 2.11. The van der Waals surface area contributed by atoms with Gasteiger partial charge in [-0.15, -0.1) is 0 Å². The Morgan fingerprint density at radius 1 is 1.00 bits per heavy atom. The van der Waals surface area contributed by atoms with Crippen LogP contribution in [0, 0.1) is 6.72 Å². The minimum atomic E-state index is -0.383. The summed E-state index contributed by atoms with van der Waals surface area (Å²) < 4.78 is 5.86. The maximum atomic E-state index is 12.6. The van der Waals surface area contributed by atoms with Crippen molar-refractivity contribution >= 4 is 11.5 Å². The highest BCUT2D eigenvalue weighted by molar-refractivity contribution is 6.07. The highest BCUT2D eigenvalue weighted by Crippen LogP contribution is 2.07. The van der Waals surface area contributed by atoms with Gasteiger partial charge in [0.05, 0.1) is 0 Å². The van der Waals surface area contributed by atoms with Crippen LogP contribution < -0.4 is 14.9 Å². The Hall–Kier alpha value is -3.21. The minimum absolute atomic E-state index is 0.0278. The first-order valence-electron chi connectivity index (χ1n) is 6.61. The summed E-state index contributed by atoms with van der Waals surface area (Å²) in [4.78, 5) is 12.5. The second kappa shape index (κ2) is 5.65. The molecule has 0 fully saturated rings. The maximum absolute atomic E-state index is 12.6. The molecule has 22 heavy (non-hydrogen) atoms. The third-order valence-corrected chi connectivity index (χ3v) is 3.21. The van der Waals surface area contributed by atoms with E-state index in [-0.39, 0.29) is 22.6 Å². The van der Waals surface area contributed by atoms with Crippen molar-refractivity contribution < 1.29 is 18.9 Å². The molecule has 3 aromatic rings. The molecule has 108 valence electrons. The third-order valence-electron chi connectivity index (χ3n) is 3.21. The van der Waals surface area contributed by atoms with E-state index < -0.39 is 0 Å². The lowest BCUT2D eigenvalue weighted by atomic mass is 10.1. The monoisotopic (exact) mass is 292 g/mol. The molecule has 0 saturated heterocycles. The molecular weight excluding hydrogens is 280 g/mol. The van der Waals surface area contributed by atoms with E-state index in [4.69, 9.17) is 4.63 Å². The molecule has 0 aliphatic carbocycles. The summed E-state index contributed by atoms with van der Waals surface area (Å²) in [5.74, 6) is -0.748. The Balaban J connectivity index is 2.22. The minimum Gasteiger partial charge on any atom is -0.869 e. The number of benzene rings is 2. The standard InChI is InChI=1S/C17H12N2O3/c1-19-15(17(21)13-10-6-3-7-11-13)14(18-22-19)16(20)12-8-4-2-5-9-12/h2-11H,1H2. The number of ketones is 1. The zero-order valence-electron chi connectivity index (χ0n) is 11.6. The number of nitrogens with zero attached hydrogens (tertiary/aromatic N) is 2. The van der Waals surface area contributed by atoms with Gasteiger partial charge in [-0.2, -0.15) is 0 Å². The quantitative estimate of drug-likeness (QED) is 0.516. The molecule has 0 spiro atoms. The zero-order valence-corrected chi connectivity index (χ0v) is 11.6. The summed E-state index contributed by atoms with van der Waals surface area (Å²) in [6.07, 6.45) is 0. The lowest BCUT2D eigenvalue weighted by Gasteiger charge is -2.08. The molecule has 0 N–H and O–H groups in total. The van der Waals surface area contributed by atoms with E-state index in [1.54, 1.807) is 60.7 Å². The molecule has 1 heterocycles. The summed E-state index contributed by atoms with van der Waals surface area (Å²) in [5.41, 5.74) is 0.818. The molecule has 0 aliphatic heterocycles. The van der Waals surface area contributed by atoms with Crippen molar-refractivity contribution in [1.82, 2.24) is 5.16 Å². The molecule has 1 aromatic heterocycles. The second-order valence-electron chi connectivity index (χ2n) is 4.64. The normalized spacial score (nSPS) is 12.0. The largest absolute Gasteiger partial charge is 0.869 e. The van der Waals surface area contributed by atoms with E-state index in [0.717, 1.165) is 4.42 Å². The molecule has 2 aromatic carbocycles. The van der Waals surface area contributed by atoms with Gasteiger partial charge >= 0.3 is 5.69 Å². The Morgan fingerprint density at radius 2 is 1.55 bits per heavy atom. The highest BCUT2D eigenvalue weighted by atomic mass is 16.6. The fraction of sp³-hybridized carbons (Fsp3) is 0. The van der Waals surface area contributed by atoms with Gasteiger partial charge in [0.2, 0.25) is 11.1 Å². The van der Waals surface area contributed by atoms with Crippen molar-refractivity contribution in [2.24, 2.45) is 0 Å². The molecule has 5 nitrogen and oxygen atoms in total. The predicted molar refractivity (Wildman–Crippen MR) is 75.9 cm³/mol. The molecule has 5 heteroatoms. The number of carbonyl (C=O) groups excluding carboxylic acids is 1. The van der Waals surface area contributed by atoms with Crippen LogP contribution >= 0.6 is 0 Å². The summed E-state index contributed by atoms with van der Waals surface area (Å²) in [5, 5.41) is 16.3. The van der Waals surface area contributed by atoms with Crippen LogP contribution in [0.4, 0.5) is 0 Å². The first kappa shape index (κ1) is 13.8. The van der Waals surface area contributed by atoms with Crippen molar-refractivity contribution in [3.8, 4) is 0 Å². The number of carbonyl (C=O) groups is 1. The fourth-order valence-corrected chi connectivity index (χ4v) is 2.11. The number of rotatable bonds is 3. The van der Waals surface area contributed by atoms with Crippen LogP contribution in [-0.2, 0) is 0 Å². The second-order valence-corrected chi connectivity index (χ2v) is 4.64. The van der Waals surface area contributed by atoms with E-state index in [1.807, 2.05) is 0 Å². The van der Waals surface area contributed by atoms with Crippen molar-refractivity contribution in [2.75, 3.05) is 0 Å². The van der Waals surface area contributed by atoms with Gasteiger partial charge in [-0.05, 0) is 15.7 Å². The summed E-state index contributed by atoms with van der Waals surface area (Å²) in [6.45, 7) is 3.58. The van der Waals surface area contributed by atoms with Gasteiger partial charge < -0.3 is 5.11 Å². The van der Waals surface area contributed by atoms with Crippen LogP contribution in [0.15, 0.2) is 65.3 Å². The van der Waals surface area contributed by atoms with Crippen LogP contribution in [0.1, 0.15) is 21.6 Å².